The Kier molecular flexibility index (Phi) is 5.58. The molecule has 5 nitrogen and oxygen atoms in total. The van der Waals surface area contributed by atoms with Crippen LogP contribution in [0, 0.1) is 6.92 Å². The number of nitrogens with zero attached hydrogens (tertiary/aromatic N) is 4. The Morgan fingerprint density at radius 2 is 1.96 bits per heavy atom. The minimum atomic E-state index is 0.0923. The fourth-order valence-corrected chi connectivity index (χ4v) is 3.40. The smallest absolute Gasteiger partial charge is 0.244 e. The quantitative estimate of drug-likeness (QED) is 0.777. The number of amides is 1. The number of halogens is 2. The highest BCUT2D eigenvalue weighted by atomic mass is 79.9. The number of aromatic nitrogens is 2. The van der Waals surface area contributed by atoms with Crippen LogP contribution in [0.3, 0.4) is 0 Å². The number of carbonyl (C=O) groups is 1. The van der Waals surface area contributed by atoms with Crippen LogP contribution in [0.1, 0.15) is 11.3 Å². The van der Waals surface area contributed by atoms with E-state index in [0.29, 0.717) is 5.02 Å². The second-order valence-corrected chi connectivity index (χ2v) is 7.27. The van der Waals surface area contributed by atoms with E-state index in [1.807, 2.05) is 17.9 Å². The Morgan fingerprint density at radius 1 is 1.25 bits per heavy atom. The maximum Gasteiger partial charge on any atom is 0.244 e. The van der Waals surface area contributed by atoms with Gasteiger partial charge in [-0.1, -0.05) is 45.7 Å². The molecule has 0 atom stereocenters. The monoisotopic (exact) mass is 410 g/mol. The highest BCUT2D eigenvalue weighted by molar-refractivity contribution is 9.10. The molecular formula is C17H20BrClN4O. The first-order chi connectivity index (χ1) is 11.5. The number of hydrogen-bond donors (Lipinski definition) is 0. The van der Waals surface area contributed by atoms with Gasteiger partial charge in [-0.15, -0.1) is 0 Å². The highest BCUT2D eigenvalue weighted by Gasteiger charge is 2.22. The number of piperazine rings is 1. The molecule has 0 N–H and O–H groups in total. The van der Waals surface area contributed by atoms with Crippen LogP contribution in [0.5, 0.6) is 0 Å². The summed E-state index contributed by atoms with van der Waals surface area (Å²) < 4.78 is 2.75. The molecule has 1 aliphatic heterocycles. The van der Waals surface area contributed by atoms with Crippen molar-refractivity contribution < 1.29 is 4.79 Å². The van der Waals surface area contributed by atoms with E-state index in [1.54, 1.807) is 10.9 Å². The van der Waals surface area contributed by atoms with Crippen molar-refractivity contribution >= 4 is 33.4 Å². The lowest BCUT2D eigenvalue weighted by atomic mass is 10.2. The first-order valence-corrected chi connectivity index (χ1v) is 9.13. The van der Waals surface area contributed by atoms with E-state index in [2.05, 4.69) is 44.1 Å². The third-order valence-electron chi connectivity index (χ3n) is 4.26. The molecule has 128 valence electrons. The second-order valence-electron chi connectivity index (χ2n) is 6.01. The van der Waals surface area contributed by atoms with Crippen molar-refractivity contribution in [3.05, 3.63) is 51.2 Å². The molecule has 0 spiro atoms. The minimum absolute atomic E-state index is 0.0923. The molecule has 0 saturated carbocycles. The highest BCUT2D eigenvalue weighted by Crippen LogP contribution is 2.19. The van der Waals surface area contributed by atoms with Gasteiger partial charge in [-0.3, -0.25) is 14.4 Å². The molecule has 1 aromatic heterocycles. The molecule has 1 aliphatic rings. The van der Waals surface area contributed by atoms with Gasteiger partial charge in [0.25, 0.3) is 0 Å². The third-order valence-corrected chi connectivity index (χ3v) is 5.41. The van der Waals surface area contributed by atoms with Crippen LogP contribution in [-0.4, -0.2) is 51.7 Å². The van der Waals surface area contributed by atoms with E-state index in [-0.39, 0.29) is 12.5 Å². The molecule has 24 heavy (non-hydrogen) atoms. The number of carbonyl (C=O) groups excluding carboxylic acids is 1. The Morgan fingerprint density at radius 3 is 2.58 bits per heavy atom. The largest absolute Gasteiger partial charge is 0.339 e. The first-order valence-electron chi connectivity index (χ1n) is 7.96. The zero-order valence-electron chi connectivity index (χ0n) is 13.6. The normalized spacial score (nSPS) is 15.7. The van der Waals surface area contributed by atoms with Gasteiger partial charge in [-0.05, 0) is 18.6 Å². The summed E-state index contributed by atoms with van der Waals surface area (Å²) >= 11 is 9.58. The summed E-state index contributed by atoms with van der Waals surface area (Å²) in [6.07, 6.45) is 1.71. The van der Waals surface area contributed by atoms with Crippen LogP contribution in [0.15, 0.2) is 34.9 Å². The SMILES string of the molecule is Cc1nn(CC(=O)N2CCN(Cc3ccccc3Br)CC2)cc1Cl. The minimum Gasteiger partial charge on any atom is -0.339 e. The zero-order valence-corrected chi connectivity index (χ0v) is 15.9. The van der Waals surface area contributed by atoms with Gasteiger partial charge in [0.2, 0.25) is 5.91 Å². The van der Waals surface area contributed by atoms with E-state index in [4.69, 9.17) is 11.6 Å². The van der Waals surface area contributed by atoms with Gasteiger partial charge in [0.15, 0.2) is 0 Å². The lowest BCUT2D eigenvalue weighted by Gasteiger charge is -2.35. The summed E-state index contributed by atoms with van der Waals surface area (Å²) in [6, 6.07) is 8.27. The Labute approximate surface area is 155 Å². The van der Waals surface area contributed by atoms with Crippen LogP contribution in [0.2, 0.25) is 5.02 Å². The van der Waals surface area contributed by atoms with Crippen LogP contribution in [0.4, 0.5) is 0 Å². The summed E-state index contributed by atoms with van der Waals surface area (Å²) in [5.41, 5.74) is 2.03. The predicted octanol–water partition coefficient (Wildman–Crippen LogP) is 2.95. The molecule has 2 heterocycles. The summed E-state index contributed by atoms with van der Waals surface area (Å²) in [6.45, 7) is 6.24. The molecule has 1 amide bonds. The number of aryl methyl sites for hydroxylation is 1. The van der Waals surface area contributed by atoms with Crippen molar-refractivity contribution in [1.82, 2.24) is 19.6 Å². The van der Waals surface area contributed by atoms with E-state index < -0.39 is 0 Å². The lowest BCUT2D eigenvalue weighted by molar-refractivity contribution is -0.133. The summed E-state index contributed by atoms with van der Waals surface area (Å²) in [7, 11) is 0. The van der Waals surface area contributed by atoms with Crippen molar-refractivity contribution in [2.75, 3.05) is 26.2 Å². The Bertz CT molecular complexity index is 706. The van der Waals surface area contributed by atoms with Crippen molar-refractivity contribution in [3.63, 3.8) is 0 Å². The van der Waals surface area contributed by atoms with Gasteiger partial charge in [-0.2, -0.15) is 5.10 Å². The van der Waals surface area contributed by atoms with Crippen LogP contribution in [0.25, 0.3) is 0 Å². The van der Waals surface area contributed by atoms with Crippen LogP contribution < -0.4 is 0 Å². The summed E-state index contributed by atoms with van der Waals surface area (Å²) in [5.74, 6) is 0.0923. The van der Waals surface area contributed by atoms with Crippen molar-refractivity contribution in [2.45, 2.75) is 20.0 Å². The summed E-state index contributed by atoms with van der Waals surface area (Å²) in [5, 5.41) is 4.85. The molecule has 1 saturated heterocycles. The molecule has 7 heteroatoms. The number of rotatable bonds is 4. The maximum absolute atomic E-state index is 12.4. The molecule has 0 aliphatic carbocycles. The molecular weight excluding hydrogens is 392 g/mol. The molecule has 3 rings (SSSR count). The molecule has 0 unspecified atom stereocenters. The van der Waals surface area contributed by atoms with E-state index >= 15 is 0 Å². The van der Waals surface area contributed by atoms with Crippen LogP contribution in [-0.2, 0) is 17.9 Å². The van der Waals surface area contributed by atoms with Gasteiger partial charge in [0.1, 0.15) is 6.54 Å². The van der Waals surface area contributed by atoms with Gasteiger partial charge in [-0.25, -0.2) is 0 Å². The molecule has 0 bridgehead atoms. The number of benzene rings is 1. The van der Waals surface area contributed by atoms with Crippen molar-refractivity contribution in [2.24, 2.45) is 0 Å². The van der Waals surface area contributed by atoms with Crippen molar-refractivity contribution in [3.8, 4) is 0 Å². The van der Waals surface area contributed by atoms with E-state index in [9.17, 15) is 4.79 Å². The topological polar surface area (TPSA) is 41.4 Å². The standard InChI is InChI=1S/C17H20BrClN4O/c1-13-16(19)11-23(20-13)12-17(24)22-8-6-21(7-9-22)10-14-4-2-3-5-15(14)18/h2-5,11H,6-10,12H2,1H3. The van der Waals surface area contributed by atoms with Gasteiger partial charge in [0.05, 0.1) is 10.7 Å². The fourth-order valence-electron chi connectivity index (χ4n) is 2.84. The van der Waals surface area contributed by atoms with Crippen LogP contribution >= 0.6 is 27.5 Å². The average molecular weight is 412 g/mol. The average Bonchev–Trinajstić information content (AvgIpc) is 2.88. The van der Waals surface area contributed by atoms with E-state index in [1.165, 1.54) is 5.56 Å². The molecule has 0 radical (unpaired) electrons. The van der Waals surface area contributed by atoms with Gasteiger partial charge >= 0.3 is 0 Å². The maximum atomic E-state index is 12.4. The lowest BCUT2D eigenvalue weighted by Crippen LogP contribution is -2.49. The zero-order chi connectivity index (χ0) is 17.1. The molecule has 2 aromatic rings. The first kappa shape index (κ1) is 17.5. The molecule has 1 aromatic carbocycles. The number of hydrogen-bond acceptors (Lipinski definition) is 3. The summed E-state index contributed by atoms with van der Waals surface area (Å²) in [4.78, 5) is 16.7. The van der Waals surface area contributed by atoms with Gasteiger partial charge in [0, 0.05) is 43.4 Å². The fraction of sp³-hybridized carbons (Fsp3) is 0.412. The third kappa shape index (κ3) is 4.18. The Hall–Kier alpha value is -1.37. The second kappa shape index (κ2) is 7.68. The van der Waals surface area contributed by atoms with Crippen molar-refractivity contribution in [1.29, 1.82) is 0 Å². The molecule has 1 fully saturated rings. The van der Waals surface area contributed by atoms with Gasteiger partial charge < -0.3 is 4.90 Å². The Balaban J connectivity index is 1.51. The predicted molar refractivity (Wildman–Crippen MR) is 98.0 cm³/mol. The van der Waals surface area contributed by atoms with E-state index in [0.717, 1.165) is 42.9 Å².